The van der Waals surface area contributed by atoms with Crippen LogP contribution in [0.15, 0.2) is 71.3 Å². The minimum absolute atomic E-state index is 0.0739. The highest BCUT2D eigenvalue weighted by Gasteiger charge is 2.18. The second-order valence-electron chi connectivity index (χ2n) is 7.49. The fraction of sp³-hybridized carbons (Fsp3) is 0.250. The van der Waals surface area contributed by atoms with Crippen LogP contribution in [0.4, 0.5) is 11.4 Å². The molecule has 180 valence electrons. The number of carbonyl (C=O) groups excluding carboxylic acids is 2. The first-order valence-corrected chi connectivity index (χ1v) is 12.4. The quantitative estimate of drug-likeness (QED) is 0.430. The molecule has 0 aliphatic rings. The summed E-state index contributed by atoms with van der Waals surface area (Å²) in [5, 5.41) is 5.49. The van der Waals surface area contributed by atoms with Crippen LogP contribution in [0.2, 0.25) is 0 Å². The molecule has 2 N–H and O–H groups in total. The molecule has 0 fully saturated rings. The van der Waals surface area contributed by atoms with E-state index < -0.39 is 10.0 Å². The summed E-state index contributed by atoms with van der Waals surface area (Å²) in [5.74, 6) is 0.551. The van der Waals surface area contributed by atoms with Gasteiger partial charge in [0.1, 0.15) is 11.5 Å². The third-order valence-electron chi connectivity index (χ3n) is 4.97. The number of carbonyl (C=O) groups is 2. The molecule has 0 saturated carbocycles. The lowest BCUT2D eigenvalue weighted by molar-refractivity contribution is -0.116. The monoisotopic (exact) mass is 485 g/mol. The predicted molar refractivity (Wildman–Crippen MR) is 129 cm³/mol. The Balaban J connectivity index is 1.58. The molecular weight excluding hydrogens is 458 g/mol. The number of hydrogen-bond donors (Lipinski definition) is 2. The van der Waals surface area contributed by atoms with Crippen LogP contribution < -0.4 is 19.7 Å². The van der Waals surface area contributed by atoms with Crippen molar-refractivity contribution in [2.75, 3.05) is 29.5 Å². The Labute approximate surface area is 198 Å². The number of sulfonamides is 1. The van der Waals surface area contributed by atoms with Crippen molar-refractivity contribution < 1.29 is 27.2 Å². The Morgan fingerprint density at radius 1 is 1.03 bits per heavy atom. The minimum Gasteiger partial charge on any atom is -0.497 e. The third kappa shape index (κ3) is 6.85. The molecule has 0 saturated heterocycles. The Hall–Kier alpha value is -3.79. The molecular formula is C24H27N3O6S. The number of rotatable bonds is 11. The fourth-order valence-electron chi connectivity index (χ4n) is 3.30. The zero-order valence-corrected chi connectivity index (χ0v) is 19.8. The molecule has 1 aromatic heterocycles. The molecule has 0 radical (unpaired) electrons. The van der Waals surface area contributed by atoms with Gasteiger partial charge in [0.15, 0.2) is 0 Å². The van der Waals surface area contributed by atoms with Gasteiger partial charge in [-0.3, -0.25) is 13.9 Å². The fourth-order valence-corrected chi connectivity index (χ4v) is 4.26. The van der Waals surface area contributed by atoms with Gasteiger partial charge in [-0.2, -0.15) is 0 Å². The number of anilines is 2. The molecule has 3 rings (SSSR count). The van der Waals surface area contributed by atoms with Crippen LogP contribution in [0.1, 0.15) is 29.0 Å². The van der Waals surface area contributed by atoms with Gasteiger partial charge in [-0.1, -0.05) is 12.1 Å². The van der Waals surface area contributed by atoms with E-state index in [-0.39, 0.29) is 37.7 Å². The van der Waals surface area contributed by atoms with Crippen molar-refractivity contribution in [1.29, 1.82) is 0 Å². The highest BCUT2D eigenvalue weighted by atomic mass is 32.2. The van der Waals surface area contributed by atoms with Gasteiger partial charge in [0.05, 0.1) is 43.1 Å². The zero-order chi connectivity index (χ0) is 24.6. The minimum atomic E-state index is -3.54. The van der Waals surface area contributed by atoms with Crippen molar-refractivity contribution in [2.45, 2.75) is 19.4 Å². The van der Waals surface area contributed by atoms with E-state index in [0.717, 1.165) is 6.26 Å². The first-order chi connectivity index (χ1) is 16.3. The highest BCUT2D eigenvalue weighted by Crippen LogP contribution is 2.22. The van der Waals surface area contributed by atoms with E-state index in [9.17, 15) is 18.0 Å². The second kappa shape index (κ2) is 11.4. The number of amides is 2. The van der Waals surface area contributed by atoms with E-state index in [1.807, 2.05) is 0 Å². The lowest BCUT2D eigenvalue weighted by Gasteiger charge is -2.22. The van der Waals surface area contributed by atoms with E-state index in [2.05, 4.69) is 10.6 Å². The van der Waals surface area contributed by atoms with Crippen LogP contribution in [0, 0.1) is 0 Å². The maximum atomic E-state index is 12.6. The van der Waals surface area contributed by atoms with Crippen molar-refractivity contribution in [3.63, 3.8) is 0 Å². The molecule has 0 unspecified atom stereocenters. The molecule has 1 heterocycles. The summed E-state index contributed by atoms with van der Waals surface area (Å²) >= 11 is 0. The number of ether oxygens (including phenoxy) is 1. The van der Waals surface area contributed by atoms with E-state index in [0.29, 0.717) is 28.4 Å². The average Bonchev–Trinajstić information content (AvgIpc) is 3.34. The molecule has 2 amide bonds. The first kappa shape index (κ1) is 24.8. The van der Waals surface area contributed by atoms with Crippen LogP contribution in [0.3, 0.4) is 0 Å². The number of para-hydroxylation sites is 1. The van der Waals surface area contributed by atoms with Crippen molar-refractivity contribution in [3.05, 3.63) is 78.3 Å². The summed E-state index contributed by atoms with van der Waals surface area (Å²) < 4.78 is 36.1. The van der Waals surface area contributed by atoms with Crippen LogP contribution >= 0.6 is 0 Å². The van der Waals surface area contributed by atoms with Crippen molar-refractivity contribution >= 4 is 33.2 Å². The molecule has 0 aliphatic heterocycles. The van der Waals surface area contributed by atoms with Crippen LogP contribution in [-0.4, -0.2) is 40.1 Å². The topological polar surface area (TPSA) is 118 Å². The van der Waals surface area contributed by atoms with E-state index in [1.54, 1.807) is 60.7 Å². The van der Waals surface area contributed by atoms with Crippen LogP contribution in [0.25, 0.3) is 0 Å². The van der Waals surface area contributed by atoms with Gasteiger partial charge in [0.25, 0.3) is 5.91 Å². The Bertz CT molecular complexity index is 1210. The molecule has 10 heteroatoms. The molecule has 2 aromatic carbocycles. The lowest BCUT2D eigenvalue weighted by Crippen LogP contribution is -2.31. The van der Waals surface area contributed by atoms with Crippen molar-refractivity contribution in [3.8, 4) is 5.75 Å². The zero-order valence-electron chi connectivity index (χ0n) is 19.0. The Kier molecular flexibility index (Phi) is 8.31. The van der Waals surface area contributed by atoms with Gasteiger partial charge in [0.2, 0.25) is 15.9 Å². The van der Waals surface area contributed by atoms with E-state index in [4.69, 9.17) is 9.15 Å². The summed E-state index contributed by atoms with van der Waals surface area (Å²) in [6.07, 6.45) is 3.01. The molecule has 0 atom stereocenters. The standard InChI is InChI=1S/C24H27N3O6S/c1-32-19-13-11-18(12-14-19)27(34(2,30)31)15-5-10-23(28)26-22-9-4-3-8-21(22)24(29)25-17-20-7-6-16-33-20/h3-4,6-9,11-14,16H,5,10,15,17H2,1-2H3,(H,25,29)(H,26,28). The third-order valence-corrected chi connectivity index (χ3v) is 6.17. The molecule has 0 aliphatic carbocycles. The lowest BCUT2D eigenvalue weighted by atomic mass is 10.1. The normalized spacial score (nSPS) is 11.0. The predicted octanol–water partition coefficient (Wildman–Crippen LogP) is 3.40. The Morgan fingerprint density at radius 3 is 2.41 bits per heavy atom. The molecule has 3 aromatic rings. The van der Waals surface area contributed by atoms with Crippen molar-refractivity contribution in [1.82, 2.24) is 5.32 Å². The summed E-state index contributed by atoms with van der Waals surface area (Å²) in [5.41, 5.74) is 1.18. The number of nitrogens with one attached hydrogen (secondary N) is 2. The smallest absolute Gasteiger partial charge is 0.253 e. The van der Waals surface area contributed by atoms with Gasteiger partial charge in [-0.25, -0.2) is 8.42 Å². The van der Waals surface area contributed by atoms with Gasteiger partial charge in [-0.05, 0) is 55.0 Å². The number of benzene rings is 2. The van der Waals surface area contributed by atoms with Gasteiger partial charge >= 0.3 is 0 Å². The summed E-state index contributed by atoms with van der Waals surface area (Å²) in [4.78, 5) is 25.1. The van der Waals surface area contributed by atoms with Crippen molar-refractivity contribution in [2.24, 2.45) is 0 Å². The van der Waals surface area contributed by atoms with E-state index in [1.165, 1.54) is 17.7 Å². The molecule has 34 heavy (non-hydrogen) atoms. The number of methoxy groups -OCH3 is 1. The maximum absolute atomic E-state index is 12.6. The maximum Gasteiger partial charge on any atom is 0.253 e. The van der Waals surface area contributed by atoms with Crippen LogP contribution in [-0.2, 0) is 21.4 Å². The van der Waals surface area contributed by atoms with Gasteiger partial charge in [0, 0.05) is 13.0 Å². The number of hydrogen-bond acceptors (Lipinski definition) is 6. The number of nitrogens with zero attached hydrogens (tertiary/aromatic N) is 1. The van der Waals surface area contributed by atoms with E-state index >= 15 is 0 Å². The number of furan rings is 1. The highest BCUT2D eigenvalue weighted by molar-refractivity contribution is 7.92. The largest absolute Gasteiger partial charge is 0.497 e. The average molecular weight is 486 g/mol. The molecule has 9 nitrogen and oxygen atoms in total. The molecule has 0 spiro atoms. The summed E-state index contributed by atoms with van der Waals surface area (Å²) in [6, 6.07) is 16.8. The van der Waals surface area contributed by atoms with Gasteiger partial charge in [-0.15, -0.1) is 0 Å². The SMILES string of the molecule is COc1ccc(N(CCCC(=O)Nc2ccccc2C(=O)NCc2ccco2)S(C)(=O)=O)cc1. The van der Waals surface area contributed by atoms with Crippen LogP contribution in [0.5, 0.6) is 5.75 Å². The second-order valence-corrected chi connectivity index (χ2v) is 9.40. The first-order valence-electron chi connectivity index (χ1n) is 10.6. The van der Waals surface area contributed by atoms with Gasteiger partial charge < -0.3 is 19.8 Å². The summed E-state index contributed by atoms with van der Waals surface area (Å²) in [6.45, 7) is 0.352. The Morgan fingerprint density at radius 2 is 1.76 bits per heavy atom. The molecule has 0 bridgehead atoms. The summed E-state index contributed by atoms with van der Waals surface area (Å²) in [7, 11) is -2.01.